The summed E-state index contributed by atoms with van der Waals surface area (Å²) in [4.78, 5) is 10.2. The topological polar surface area (TPSA) is 67.2 Å². The maximum Gasteiger partial charge on any atom is 0.237 e. The summed E-state index contributed by atoms with van der Waals surface area (Å²) in [5.74, 6) is -0.0347. The molecule has 40 valence electrons. The van der Waals surface area contributed by atoms with E-state index in [4.69, 9.17) is 5.73 Å². The molecule has 0 aromatic carbocycles. The van der Waals surface area contributed by atoms with Crippen molar-refractivity contribution in [2.75, 3.05) is 0 Å². The zero-order chi connectivity index (χ0) is 5.28. The highest BCUT2D eigenvalue weighted by atomic mass is 16.2. The van der Waals surface area contributed by atoms with E-state index in [1.165, 1.54) is 0 Å². The quantitative estimate of drug-likeness (QED) is 0.340. The minimum Gasteiger partial charge on any atom is -0.314 e. The fourth-order valence-corrected chi connectivity index (χ4v) is 0.475. The molecule has 0 spiro atoms. The maximum absolute atomic E-state index is 10.2. The molecule has 4 nitrogen and oxygen atoms in total. The molecule has 7 heavy (non-hydrogen) atoms. The molecule has 4 heteroatoms. The molecule has 1 atom stereocenters. The second-order valence-corrected chi connectivity index (χ2v) is 1.50. The van der Waals surface area contributed by atoms with Crippen molar-refractivity contribution in [3.05, 3.63) is 0 Å². The van der Waals surface area contributed by atoms with Crippen LogP contribution in [0.5, 0.6) is 0 Å². The standard InChI is InChI=1S/C3H7N3O/c4-2-1-3(7)6-5-2/h2,5H,1,4H2,(H,6,7)/t2-/m0/s1. The maximum atomic E-state index is 10.2. The fourth-order valence-electron chi connectivity index (χ4n) is 0.475. The van der Waals surface area contributed by atoms with Gasteiger partial charge in [0.15, 0.2) is 0 Å². The third-order valence-electron chi connectivity index (χ3n) is 0.802. The number of carbonyl (C=O) groups excluding carboxylic acids is 1. The van der Waals surface area contributed by atoms with E-state index in [0.29, 0.717) is 6.42 Å². The first kappa shape index (κ1) is 4.55. The Bertz CT molecular complexity index is 92.2. The van der Waals surface area contributed by atoms with Crippen LogP contribution < -0.4 is 16.6 Å². The van der Waals surface area contributed by atoms with Gasteiger partial charge in [0.2, 0.25) is 5.91 Å². The van der Waals surface area contributed by atoms with Gasteiger partial charge in [-0.1, -0.05) is 0 Å². The Balaban J connectivity index is 2.40. The molecule has 1 fully saturated rings. The molecule has 0 aromatic heterocycles. The molecule has 0 aliphatic carbocycles. The van der Waals surface area contributed by atoms with Gasteiger partial charge in [-0.15, -0.1) is 0 Å². The molecule has 0 radical (unpaired) electrons. The average molecular weight is 101 g/mol. The fraction of sp³-hybridized carbons (Fsp3) is 0.667. The van der Waals surface area contributed by atoms with Crippen molar-refractivity contribution in [2.24, 2.45) is 5.73 Å². The van der Waals surface area contributed by atoms with Crippen molar-refractivity contribution in [3.63, 3.8) is 0 Å². The normalized spacial score (nSPS) is 30.4. The van der Waals surface area contributed by atoms with Crippen LogP contribution in [0.4, 0.5) is 0 Å². The van der Waals surface area contributed by atoms with Gasteiger partial charge < -0.3 is 5.73 Å². The van der Waals surface area contributed by atoms with Crippen molar-refractivity contribution in [3.8, 4) is 0 Å². The van der Waals surface area contributed by atoms with Crippen LogP contribution in [0, 0.1) is 0 Å². The number of hydrogen-bond acceptors (Lipinski definition) is 3. The molecule has 1 rings (SSSR count). The highest BCUT2D eigenvalue weighted by Gasteiger charge is 2.15. The lowest BCUT2D eigenvalue weighted by molar-refractivity contribution is -0.119. The van der Waals surface area contributed by atoms with Crippen LogP contribution in [0.25, 0.3) is 0 Å². The summed E-state index contributed by atoms with van der Waals surface area (Å²) in [6.07, 6.45) is 0.201. The van der Waals surface area contributed by atoms with E-state index in [2.05, 4.69) is 10.9 Å². The first-order chi connectivity index (χ1) is 3.29. The van der Waals surface area contributed by atoms with Crippen LogP contribution in [0.15, 0.2) is 0 Å². The van der Waals surface area contributed by atoms with E-state index in [9.17, 15) is 4.79 Å². The van der Waals surface area contributed by atoms with Crippen LogP contribution in [-0.4, -0.2) is 12.1 Å². The zero-order valence-electron chi connectivity index (χ0n) is 3.77. The van der Waals surface area contributed by atoms with E-state index in [-0.39, 0.29) is 12.1 Å². The molecule has 1 aliphatic heterocycles. The van der Waals surface area contributed by atoms with Crippen molar-refractivity contribution in [1.29, 1.82) is 0 Å². The van der Waals surface area contributed by atoms with E-state index in [0.717, 1.165) is 0 Å². The van der Waals surface area contributed by atoms with Crippen molar-refractivity contribution < 1.29 is 4.79 Å². The molecule has 1 saturated heterocycles. The number of hydrogen-bond donors (Lipinski definition) is 3. The summed E-state index contributed by atoms with van der Waals surface area (Å²) >= 11 is 0. The minimum atomic E-state index is -0.188. The molecule has 0 saturated carbocycles. The van der Waals surface area contributed by atoms with Gasteiger partial charge in [0.25, 0.3) is 0 Å². The van der Waals surface area contributed by atoms with Gasteiger partial charge in [0, 0.05) is 0 Å². The monoisotopic (exact) mass is 101 g/mol. The van der Waals surface area contributed by atoms with Crippen molar-refractivity contribution in [1.82, 2.24) is 10.9 Å². The van der Waals surface area contributed by atoms with E-state index < -0.39 is 0 Å². The zero-order valence-corrected chi connectivity index (χ0v) is 3.77. The molecule has 1 amide bonds. The third kappa shape index (κ3) is 0.880. The lowest BCUT2D eigenvalue weighted by Crippen LogP contribution is -2.36. The molecule has 1 aliphatic rings. The molecule has 4 N–H and O–H groups in total. The molecule has 1 heterocycles. The summed E-state index contributed by atoms with van der Waals surface area (Å²) in [6, 6.07) is 0. The largest absolute Gasteiger partial charge is 0.314 e. The van der Waals surface area contributed by atoms with Crippen molar-refractivity contribution in [2.45, 2.75) is 12.6 Å². The first-order valence-electron chi connectivity index (χ1n) is 2.09. The van der Waals surface area contributed by atoms with Gasteiger partial charge in [-0.25, -0.2) is 5.43 Å². The van der Waals surface area contributed by atoms with Crippen molar-refractivity contribution >= 4 is 5.91 Å². The lowest BCUT2D eigenvalue weighted by atomic mass is 10.4. The van der Waals surface area contributed by atoms with Crippen LogP contribution in [0.3, 0.4) is 0 Å². The van der Waals surface area contributed by atoms with Crippen LogP contribution in [-0.2, 0) is 4.79 Å². The number of amides is 1. The average Bonchev–Trinajstić information content (AvgIpc) is 1.87. The second-order valence-electron chi connectivity index (χ2n) is 1.50. The van der Waals surface area contributed by atoms with E-state index >= 15 is 0 Å². The molecular formula is C3H7N3O. The van der Waals surface area contributed by atoms with Gasteiger partial charge >= 0.3 is 0 Å². The molecular weight excluding hydrogens is 94.1 g/mol. The smallest absolute Gasteiger partial charge is 0.237 e. The molecule has 0 aromatic rings. The summed E-state index contributed by atoms with van der Waals surface area (Å²) in [5, 5.41) is 0. The van der Waals surface area contributed by atoms with E-state index in [1.54, 1.807) is 0 Å². The van der Waals surface area contributed by atoms with Crippen LogP contribution in [0.2, 0.25) is 0 Å². The number of rotatable bonds is 0. The van der Waals surface area contributed by atoms with E-state index in [1.807, 2.05) is 0 Å². The highest BCUT2D eigenvalue weighted by Crippen LogP contribution is 1.86. The number of hydrazine groups is 1. The Morgan fingerprint density at radius 3 is 2.71 bits per heavy atom. The predicted molar refractivity (Wildman–Crippen MR) is 23.9 cm³/mol. The van der Waals surface area contributed by atoms with Crippen LogP contribution in [0.1, 0.15) is 6.42 Å². The minimum absolute atomic E-state index is 0.0347. The second kappa shape index (κ2) is 1.48. The van der Waals surface area contributed by atoms with Gasteiger partial charge in [-0.3, -0.25) is 10.2 Å². The summed E-state index contributed by atoms with van der Waals surface area (Å²) in [5.41, 5.74) is 10.1. The van der Waals surface area contributed by atoms with Crippen LogP contribution >= 0.6 is 0 Å². The molecule has 0 bridgehead atoms. The number of nitrogens with one attached hydrogen (secondary N) is 2. The van der Waals surface area contributed by atoms with Gasteiger partial charge in [-0.2, -0.15) is 0 Å². The van der Waals surface area contributed by atoms with Gasteiger partial charge in [0.05, 0.1) is 12.6 Å². The third-order valence-corrected chi connectivity index (χ3v) is 0.802. The Morgan fingerprint density at radius 1 is 1.86 bits per heavy atom. The number of carbonyl (C=O) groups is 1. The SMILES string of the molecule is N[C@@H]1CC(=O)NN1. The highest BCUT2D eigenvalue weighted by molar-refractivity contribution is 5.77. The summed E-state index contributed by atoms with van der Waals surface area (Å²) < 4.78 is 0. The molecule has 0 unspecified atom stereocenters. The Labute approximate surface area is 41.0 Å². The van der Waals surface area contributed by atoms with Gasteiger partial charge in [-0.05, 0) is 0 Å². The first-order valence-corrected chi connectivity index (χ1v) is 2.09. The van der Waals surface area contributed by atoms with Gasteiger partial charge in [0.1, 0.15) is 0 Å². The Hall–Kier alpha value is -0.610. The summed E-state index contributed by atoms with van der Waals surface area (Å²) in [6.45, 7) is 0. The lowest BCUT2D eigenvalue weighted by Gasteiger charge is -1.94. The summed E-state index contributed by atoms with van der Waals surface area (Å²) in [7, 11) is 0. The predicted octanol–water partition coefficient (Wildman–Crippen LogP) is -1.70. The number of nitrogens with two attached hydrogens (primary N) is 1. The Kier molecular flexibility index (Phi) is 0.958. The Morgan fingerprint density at radius 2 is 2.57 bits per heavy atom.